The van der Waals surface area contributed by atoms with E-state index in [0.29, 0.717) is 12.0 Å². The van der Waals surface area contributed by atoms with E-state index >= 15 is 0 Å². The molecule has 1 N–H and O–H groups in total. The zero-order chi connectivity index (χ0) is 13.2. The number of rotatable bonds is 2. The molecule has 1 aliphatic rings. The normalized spacial score (nSPS) is 23.5. The van der Waals surface area contributed by atoms with Crippen molar-refractivity contribution in [1.29, 1.82) is 0 Å². The van der Waals surface area contributed by atoms with Crippen molar-refractivity contribution in [2.45, 2.75) is 38.6 Å². The molecule has 0 radical (unpaired) electrons. The molecule has 0 bridgehead atoms. The zero-order valence-corrected chi connectivity index (χ0v) is 11.1. The van der Waals surface area contributed by atoms with E-state index in [0.717, 1.165) is 23.1 Å². The van der Waals surface area contributed by atoms with Crippen molar-refractivity contribution in [3.63, 3.8) is 0 Å². The van der Waals surface area contributed by atoms with Gasteiger partial charge in [-0.2, -0.15) is 0 Å². The maximum atomic E-state index is 13.4. The second kappa shape index (κ2) is 5.11. The summed E-state index contributed by atoms with van der Waals surface area (Å²) in [5, 5.41) is 4.25. The first kappa shape index (κ1) is 12.3. The topological polar surface area (TPSA) is 37.8 Å². The van der Waals surface area contributed by atoms with E-state index in [9.17, 15) is 4.39 Å². The Morgan fingerprint density at radius 1 is 1.21 bits per heavy atom. The lowest BCUT2D eigenvalue weighted by Gasteiger charge is -2.30. The van der Waals surface area contributed by atoms with Crippen LogP contribution in [0.25, 0.3) is 10.9 Å². The molecule has 1 saturated carbocycles. The van der Waals surface area contributed by atoms with E-state index in [1.165, 1.54) is 37.7 Å². The highest BCUT2D eigenvalue weighted by Gasteiger charge is 2.22. The van der Waals surface area contributed by atoms with Crippen LogP contribution in [0.5, 0.6) is 0 Å². The number of nitrogens with zero attached hydrogens (tertiary/aromatic N) is 2. The summed E-state index contributed by atoms with van der Waals surface area (Å²) in [6.07, 6.45) is 6.49. The van der Waals surface area contributed by atoms with Crippen LogP contribution >= 0.6 is 0 Å². The van der Waals surface area contributed by atoms with E-state index in [4.69, 9.17) is 0 Å². The van der Waals surface area contributed by atoms with E-state index in [1.807, 2.05) is 0 Å². The third-order valence-corrected chi connectivity index (χ3v) is 4.03. The molecule has 0 saturated heterocycles. The van der Waals surface area contributed by atoms with E-state index in [-0.39, 0.29) is 5.82 Å². The Kier molecular flexibility index (Phi) is 3.32. The largest absolute Gasteiger partial charge is 0.366 e. The van der Waals surface area contributed by atoms with Crippen LogP contribution < -0.4 is 5.32 Å². The SMILES string of the molecule is CC1CCCCC1Nc1ncnc2ccc(F)cc12. The average Bonchev–Trinajstić information content (AvgIpc) is 2.42. The molecule has 0 amide bonds. The minimum absolute atomic E-state index is 0.248. The summed E-state index contributed by atoms with van der Waals surface area (Å²) in [7, 11) is 0. The molecule has 1 aliphatic carbocycles. The maximum Gasteiger partial charge on any atom is 0.137 e. The molecule has 0 aliphatic heterocycles. The van der Waals surface area contributed by atoms with Crippen molar-refractivity contribution in [1.82, 2.24) is 9.97 Å². The molecule has 3 rings (SSSR count). The summed E-state index contributed by atoms with van der Waals surface area (Å²) >= 11 is 0. The molecule has 1 aromatic carbocycles. The van der Waals surface area contributed by atoms with E-state index in [2.05, 4.69) is 22.2 Å². The summed E-state index contributed by atoms with van der Waals surface area (Å²) in [6, 6.07) is 5.06. The minimum atomic E-state index is -0.248. The summed E-state index contributed by atoms with van der Waals surface area (Å²) in [4.78, 5) is 8.46. The van der Waals surface area contributed by atoms with Crippen LogP contribution in [0.2, 0.25) is 0 Å². The van der Waals surface area contributed by atoms with Gasteiger partial charge in [-0.05, 0) is 37.0 Å². The number of fused-ring (bicyclic) bond motifs is 1. The Bertz CT molecular complexity index is 585. The summed E-state index contributed by atoms with van der Waals surface area (Å²) in [5.41, 5.74) is 0.780. The fourth-order valence-electron chi connectivity index (χ4n) is 2.85. The van der Waals surface area contributed by atoms with Gasteiger partial charge in [-0.3, -0.25) is 0 Å². The molecule has 1 fully saturated rings. The van der Waals surface area contributed by atoms with Crippen LogP contribution in [0.3, 0.4) is 0 Å². The Hall–Kier alpha value is -1.71. The Morgan fingerprint density at radius 2 is 2.05 bits per heavy atom. The molecule has 4 heteroatoms. The van der Waals surface area contributed by atoms with Gasteiger partial charge in [-0.15, -0.1) is 0 Å². The molecule has 1 aromatic heterocycles. The third kappa shape index (κ3) is 2.53. The van der Waals surface area contributed by atoms with Gasteiger partial charge in [0.15, 0.2) is 0 Å². The van der Waals surface area contributed by atoms with Gasteiger partial charge in [-0.25, -0.2) is 14.4 Å². The van der Waals surface area contributed by atoms with Crippen molar-refractivity contribution >= 4 is 16.7 Å². The number of anilines is 1. The average molecular weight is 259 g/mol. The minimum Gasteiger partial charge on any atom is -0.366 e. The van der Waals surface area contributed by atoms with E-state index < -0.39 is 0 Å². The van der Waals surface area contributed by atoms with Crippen LogP contribution in [-0.2, 0) is 0 Å². The second-order valence-electron chi connectivity index (χ2n) is 5.40. The highest BCUT2D eigenvalue weighted by molar-refractivity contribution is 5.88. The van der Waals surface area contributed by atoms with Gasteiger partial charge in [-0.1, -0.05) is 19.8 Å². The first-order valence-corrected chi connectivity index (χ1v) is 6.91. The van der Waals surface area contributed by atoms with Crippen molar-refractivity contribution in [3.05, 3.63) is 30.3 Å². The van der Waals surface area contributed by atoms with Crippen LogP contribution in [0, 0.1) is 11.7 Å². The number of benzene rings is 1. The second-order valence-corrected chi connectivity index (χ2v) is 5.40. The molecule has 3 nitrogen and oxygen atoms in total. The van der Waals surface area contributed by atoms with Gasteiger partial charge in [0.05, 0.1) is 5.52 Å². The Balaban J connectivity index is 1.93. The Morgan fingerprint density at radius 3 is 2.89 bits per heavy atom. The van der Waals surface area contributed by atoms with Gasteiger partial charge in [0.1, 0.15) is 18.0 Å². The van der Waals surface area contributed by atoms with E-state index in [1.54, 1.807) is 6.07 Å². The van der Waals surface area contributed by atoms with Gasteiger partial charge in [0.25, 0.3) is 0 Å². The number of hydrogen-bond donors (Lipinski definition) is 1. The maximum absolute atomic E-state index is 13.4. The summed E-state index contributed by atoms with van der Waals surface area (Å²) in [6.45, 7) is 2.26. The summed E-state index contributed by atoms with van der Waals surface area (Å²) in [5.74, 6) is 1.14. The quantitative estimate of drug-likeness (QED) is 0.892. The zero-order valence-electron chi connectivity index (χ0n) is 11.1. The monoisotopic (exact) mass is 259 g/mol. The molecule has 1 heterocycles. The van der Waals surface area contributed by atoms with Crippen molar-refractivity contribution in [2.24, 2.45) is 5.92 Å². The highest BCUT2D eigenvalue weighted by Crippen LogP contribution is 2.28. The molecule has 100 valence electrons. The van der Waals surface area contributed by atoms with Gasteiger partial charge >= 0.3 is 0 Å². The lowest BCUT2D eigenvalue weighted by atomic mass is 9.86. The number of halogens is 1. The fourth-order valence-corrected chi connectivity index (χ4v) is 2.85. The third-order valence-electron chi connectivity index (χ3n) is 4.03. The van der Waals surface area contributed by atoms with Crippen LogP contribution in [-0.4, -0.2) is 16.0 Å². The van der Waals surface area contributed by atoms with Gasteiger partial charge < -0.3 is 5.32 Å². The number of nitrogens with one attached hydrogen (secondary N) is 1. The molecular weight excluding hydrogens is 241 g/mol. The number of hydrogen-bond acceptors (Lipinski definition) is 3. The lowest BCUT2D eigenvalue weighted by Crippen LogP contribution is -2.30. The summed E-state index contributed by atoms with van der Waals surface area (Å²) < 4.78 is 13.4. The van der Waals surface area contributed by atoms with Crippen LogP contribution in [0.15, 0.2) is 24.5 Å². The first-order valence-electron chi connectivity index (χ1n) is 6.91. The van der Waals surface area contributed by atoms with Gasteiger partial charge in [0, 0.05) is 11.4 Å². The molecule has 0 spiro atoms. The molecule has 2 atom stereocenters. The van der Waals surface area contributed by atoms with Crippen molar-refractivity contribution < 1.29 is 4.39 Å². The molecular formula is C15H18FN3. The first-order chi connectivity index (χ1) is 9.24. The fraction of sp³-hybridized carbons (Fsp3) is 0.467. The van der Waals surface area contributed by atoms with Crippen molar-refractivity contribution in [2.75, 3.05) is 5.32 Å². The van der Waals surface area contributed by atoms with Crippen LogP contribution in [0.4, 0.5) is 10.2 Å². The Labute approximate surface area is 112 Å². The van der Waals surface area contributed by atoms with Gasteiger partial charge in [0.2, 0.25) is 0 Å². The molecule has 2 aromatic rings. The van der Waals surface area contributed by atoms with Crippen LogP contribution in [0.1, 0.15) is 32.6 Å². The predicted octanol–water partition coefficient (Wildman–Crippen LogP) is 3.76. The van der Waals surface area contributed by atoms with Crippen molar-refractivity contribution in [3.8, 4) is 0 Å². The lowest BCUT2D eigenvalue weighted by molar-refractivity contribution is 0.349. The highest BCUT2D eigenvalue weighted by atomic mass is 19.1. The number of aromatic nitrogens is 2. The molecule has 19 heavy (non-hydrogen) atoms. The molecule has 2 unspecified atom stereocenters. The predicted molar refractivity (Wildman–Crippen MR) is 74.5 cm³/mol. The smallest absolute Gasteiger partial charge is 0.137 e. The standard InChI is InChI=1S/C15H18FN3/c1-10-4-2-3-5-13(10)19-15-12-8-11(16)6-7-14(12)17-9-18-15/h6-10,13H,2-5H2,1H3,(H,17,18,19).